The Morgan fingerprint density at radius 1 is 0.390 bits per heavy atom. The largest absolute Gasteiger partial charge is 0.507 e. The van der Waals surface area contributed by atoms with E-state index in [1.807, 2.05) is 125 Å². The molecule has 7 aliphatic rings. The van der Waals surface area contributed by atoms with Gasteiger partial charge in [-0.25, -0.2) is 9.78 Å². The number of nitrogens with zero attached hydrogens (tertiary/aromatic N) is 8. The van der Waals surface area contributed by atoms with Crippen molar-refractivity contribution in [1.82, 2.24) is 34.4 Å². The number of Topliss-reactive ketones (excluding diaryl/α,β-unsaturated/α-hetero) is 4. The van der Waals surface area contributed by atoms with Gasteiger partial charge in [0.25, 0.3) is 40.9 Å². The van der Waals surface area contributed by atoms with E-state index in [-0.39, 0.29) is 55.3 Å². The maximum atomic E-state index is 13.4. The van der Waals surface area contributed by atoms with E-state index < -0.39 is 76.9 Å². The van der Waals surface area contributed by atoms with E-state index in [4.69, 9.17) is 37.9 Å². The second-order valence-electron chi connectivity index (χ2n) is 34.4. The van der Waals surface area contributed by atoms with E-state index in [1.165, 1.54) is 43.8 Å². The fraction of sp³-hybridized carbons (Fsp3) is 0.358. The van der Waals surface area contributed by atoms with Gasteiger partial charge in [-0.05, 0) is 112 Å². The van der Waals surface area contributed by atoms with E-state index in [0.29, 0.717) is 120 Å². The van der Waals surface area contributed by atoms with Crippen molar-refractivity contribution in [2.24, 2.45) is 0 Å². The summed E-state index contributed by atoms with van der Waals surface area (Å²) in [6.07, 6.45) is 2.13. The van der Waals surface area contributed by atoms with Crippen LogP contribution in [0.1, 0.15) is 151 Å². The number of carbonyl (C=O) groups is 9. The molecule has 4 N–H and O–H groups in total. The Bertz CT molecular complexity index is 5930. The van der Waals surface area contributed by atoms with Gasteiger partial charge in [-0.15, -0.1) is 0 Å². The maximum absolute atomic E-state index is 13.4. The number of thiazole rings is 1. The Balaban J connectivity index is 0.000000154. The van der Waals surface area contributed by atoms with Crippen LogP contribution < -0.4 is 23.8 Å². The van der Waals surface area contributed by atoms with Gasteiger partial charge in [-0.3, -0.25) is 58.0 Å². The fourth-order valence-electron chi connectivity index (χ4n) is 17.6. The molecule has 7 aliphatic heterocycles. The van der Waals surface area contributed by atoms with Crippen molar-refractivity contribution in [3.8, 4) is 23.0 Å². The Hall–Kier alpha value is -13.5. The number of aryl methyl sites for hydroxylation is 5. The predicted molar refractivity (Wildman–Crippen MR) is 516 cm³/mol. The van der Waals surface area contributed by atoms with Gasteiger partial charge in [0.15, 0.2) is 16.6 Å². The molecule has 8 heterocycles. The highest BCUT2D eigenvalue weighted by molar-refractivity contribution is 7.17. The number of aliphatic hydroxyl groups is 4. The second-order valence-corrected chi connectivity index (χ2v) is 35.4. The molecule has 29 nitrogen and oxygen atoms in total. The molecule has 30 heteroatoms. The monoisotopic (exact) mass is 1870 g/mol. The number of hydrogen-bond acceptors (Lipinski definition) is 26. The molecule has 4 atom stereocenters. The van der Waals surface area contributed by atoms with Gasteiger partial charge in [0.1, 0.15) is 33.7 Å². The summed E-state index contributed by atoms with van der Waals surface area (Å²) < 4.78 is 42.9. The number of esters is 1. The first-order chi connectivity index (χ1) is 65.6. The number of anilines is 1. The molecule has 9 aromatic rings. The molecular formula is C106H118N8O21S. The topological polar surface area (TPSA) is 344 Å². The number of ketones is 4. The lowest BCUT2D eigenvalue weighted by atomic mass is 9.93. The molecule has 4 amide bonds. The van der Waals surface area contributed by atoms with Crippen molar-refractivity contribution in [3.05, 3.63) is 293 Å². The minimum Gasteiger partial charge on any atom is -0.507 e. The zero-order chi connectivity index (χ0) is 97.1. The highest BCUT2D eigenvalue weighted by Crippen LogP contribution is 2.49. The van der Waals surface area contributed by atoms with Gasteiger partial charge < -0.3 is 73.0 Å². The number of morpholine rings is 3. The van der Waals surface area contributed by atoms with Crippen molar-refractivity contribution in [2.45, 2.75) is 97.8 Å². The van der Waals surface area contributed by atoms with Crippen molar-refractivity contribution < 1.29 is 101 Å². The van der Waals surface area contributed by atoms with E-state index >= 15 is 0 Å². The first-order valence-corrected chi connectivity index (χ1v) is 46.4. The van der Waals surface area contributed by atoms with E-state index in [9.17, 15) is 63.6 Å². The molecule has 0 bridgehead atoms. The molecule has 16 rings (SSSR count). The minimum atomic E-state index is -0.896. The smallest absolute Gasteiger partial charge is 0.350 e. The summed E-state index contributed by atoms with van der Waals surface area (Å²) in [6.45, 7) is 26.7. The highest BCUT2D eigenvalue weighted by atomic mass is 32.1. The normalized spacial score (nSPS) is 19.8. The van der Waals surface area contributed by atoms with Crippen LogP contribution in [0.15, 0.2) is 210 Å². The third-order valence-corrected chi connectivity index (χ3v) is 26.2. The molecule has 7 fully saturated rings. The van der Waals surface area contributed by atoms with Crippen LogP contribution >= 0.6 is 11.3 Å². The number of benzene rings is 8. The Morgan fingerprint density at radius 3 is 1.12 bits per heavy atom. The van der Waals surface area contributed by atoms with Crippen molar-refractivity contribution in [3.63, 3.8) is 0 Å². The Morgan fingerprint density at radius 2 is 0.743 bits per heavy atom. The van der Waals surface area contributed by atoms with E-state index in [0.717, 1.165) is 130 Å². The van der Waals surface area contributed by atoms with Crippen LogP contribution in [0, 0.1) is 34.6 Å². The molecule has 8 aromatic carbocycles. The van der Waals surface area contributed by atoms with Crippen LogP contribution in [0.3, 0.4) is 0 Å². The predicted octanol–water partition coefficient (Wildman–Crippen LogP) is 14.7. The second kappa shape index (κ2) is 46.2. The summed E-state index contributed by atoms with van der Waals surface area (Å²) in [5.74, 6) is -4.55. The Labute approximate surface area is 796 Å². The van der Waals surface area contributed by atoms with Gasteiger partial charge in [0.2, 0.25) is 5.75 Å². The summed E-state index contributed by atoms with van der Waals surface area (Å²) in [4.78, 5) is 135. The molecule has 4 unspecified atom stereocenters. The van der Waals surface area contributed by atoms with Crippen molar-refractivity contribution >= 4 is 92.2 Å². The SMILES string of the molecule is COC(=O)c1sc(N2C(=O)C(=O)C(=C(O)c3ccccc3)C2c2ccc(C)cc2)nc1C.COc1cc(C2C(=C(O)c3ccc(C)cc3)C(=O)C(=O)N2CCCN2CCOCC2)cc(OC)c1OC.COc1cccc(C2C(=C(O)c3ccc(C)cc3)C(=O)C(=O)N2CCCN2CCOCC2)c1.Cc1ccc(C(O)=C2C(=O)C(=O)N(CCCN3CCOCC3)C2c2ccc(C(C)C)cc2)cc1. The number of carbonyl (C=O) groups excluding carboxylic acids is 9. The lowest BCUT2D eigenvalue weighted by molar-refractivity contribution is -0.140. The fourth-order valence-corrected chi connectivity index (χ4v) is 18.6. The molecule has 0 saturated carbocycles. The number of likely N-dealkylation sites (tertiary alicyclic amines) is 3. The first-order valence-electron chi connectivity index (χ1n) is 45.6. The molecule has 0 aliphatic carbocycles. The summed E-state index contributed by atoms with van der Waals surface area (Å²) >= 11 is 0.969. The lowest BCUT2D eigenvalue weighted by Gasteiger charge is -2.29. The number of hydrogen-bond donors (Lipinski definition) is 4. The van der Waals surface area contributed by atoms with Crippen LogP contribution in [0.5, 0.6) is 23.0 Å². The molecule has 136 heavy (non-hydrogen) atoms. The molecule has 0 spiro atoms. The average Bonchev–Trinajstić information content (AvgIpc) is 1.60. The van der Waals surface area contributed by atoms with Gasteiger partial charge in [-0.1, -0.05) is 211 Å². The number of amides is 4. The van der Waals surface area contributed by atoms with E-state index in [1.54, 1.807) is 115 Å². The number of ether oxygens (including phenoxy) is 8. The Kier molecular flexibility index (Phi) is 34.0. The van der Waals surface area contributed by atoms with Crippen LogP contribution in [0.2, 0.25) is 0 Å². The zero-order valence-electron chi connectivity index (χ0n) is 78.8. The van der Waals surface area contributed by atoms with Crippen molar-refractivity contribution in [2.75, 3.05) is 159 Å². The van der Waals surface area contributed by atoms with Crippen LogP contribution in [-0.4, -0.2) is 261 Å². The summed E-state index contributed by atoms with van der Waals surface area (Å²) in [5.41, 5.74) is 10.7. The molecule has 0 radical (unpaired) electrons. The minimum absolute atomic E-state index is 0.0301. The third kappa shape index (κ3) is 22.9. The average molecular weight is 1870 g/mol. The standard InChI is InChI=1S/C28H34N2O7.C28H34N2O4.C26H30N2O5.C24H20N2O5S/c1-18-6-8-19(9-7-18)25(31)23-24(20-16-21(34-2)27(36-4)22(17-20)35-3)30(28(33)26(23)32)11-5-10-29-12-14-37-15-13-29;1-19(2)21-9-11-22(12-10-21)25-24(26(31)23-7-5-20(3)6-8-23)27(32)28(33)30(25)14-4-13-29-15-17-34-18-16-29;1-18-7-9-19(10-8-18)24(29)22-23(20-5-3-6-21(17-20)32-2)28(26(31)25(22)30)12-4-11-27-13-15-33-16-14-27;1-13-9-11-15(12-10-13)18-17(19(27)16-7-5-4-6-8-16)20(28)22(29)26(18)24-25-14(2)21(32-24)23(30)31-3/h6-9,16-17,24,31H,5,10-15H2,1-4H3;5-12,19,25,31H,4,13-18H2,1-3H3;3,5-10,17,23,29H,4,11-16H2,1-2H3;4-12,18,27H,1-3H3. The summed E-state index contributed by atoms with van der Waals surface area (Å²) in [7, 11) is 7.36. The molecule has 1 aromatic heterocycles. The quantitative estimate of drug-likeness (QED) is 0.0161. The van der Waals surface area contributed by atoms with Crippen molar-refractivity contribution in [1.29, 1.82) is 0 Å². The number of aromatic nitrogens is 1. The van der Waals surface area contributed by atoms with Crippen LogP contribution in [0.4, 0.5) is 5.13 Å². The van der Waals surface area contributed by atoms with Gasteiger partial charge in [0.05, 0.1) is 127 Å². The maximum Gasteiger partial charge on any atom is 0.350 e. The van der Waals surface area contributed by atoms with Gasteiger partial charge in [0, 0.05) is 101 Å². The van der Waals surface area contributed by atoms with E-state index in [2.05, 4.69) is 33.5 Å². The zero-order valence-corrected chi connectivity index (χ0v) is 79.7. The van der Waals surface area contributed by atoms with Crippen LogP contribution in [0.25, 0.3) is 23.0 Å². The number of aliphatic hydroxyl groups excluding tert-OH is 4. The highest BCUT2D eigenvalue weighted by Gasteiger charge is 2.51. The number of methoxy groups -OCH3 is 5. The lowest BCUT2D eigenvalue weighted by Crippen LogP contribution is -2.39. The van der Waals surface area contributed by atoms with Crippen LogP contribution in [-0.2, 0) is 57.3 Å². The first kappa shape index (κ1) is 100. The third-order valence-electron chi connectivity index (χ3n) is 25.1. The number of rotatable bonds is 27. The summed E-state index contributed by atoms with van der Waals surface area (Å²) in [6, 6.07) is 53.5. The van der Waals surface area contributed by atoms with Gasteiger partial charge >= 0.3 is 11.9 Å². The molecular weight excluding hydrogens is 1750 g/mol. The van der Waals surface area contributed by atoms with Gasteiger partial charge in [-0.2, -0.15) is 0 Å². The summed E-state index contributed by atoms with van der Waals surface area (Å²) in [5, 5.41) is 44.8. The molecule has 714 valence electrons. The molecule has 7 saturated heterocycles.